The molecule has 0 radical (unpaired) electrons. The number of nitrogens with two attached hydrogens (primary N) is 1. The van der Waals surface area contributed by atoms with Crippen LogP contribution in [0.5, 0.6) is 0 Å². The molecular weight excluding hydrogens is 202 g/mol. The number of carbonyl (C=O) groups is 3. The van der Waals surface area contributed by atoms with E-state index in [9.17, 15) is 14.4 Å². The first kappa shape index (κ1) is 13.2. The average molecular weight is 217 g/mol. The van der Waals surface area contributed by atoms with Gasteiger partial charge in [0.2, 0.25) is 5.91 Å². The zero-order valence-corrected chi connectivity index (χ0v) is 8.94. The quantitative estimate of drug-likeness (QED) is 0.570. The van der Waals surface area contributed by atoms with E-state index in [0.29, 0.717) is 0 Å². The molecule has 15 heavy (non-hydrogen) atoms. The third kappa shape index (κ3) is 4.84. The maximum Gasteiger partial charge on any atom is 0.325 e. The van der Waals surface area contributed by atoms with Crippen LogP contribution in [0.1, 0.15) is 6.92 Å². The molecule has 3 amide bonds. The van der Waals surface area contributed by atoms with E-state index in [-0.39, 0.29) is 6.54 Å². The summed E-state index contributed by atoms with van der Waals surface area (Å²) >= 11 is 0. The maximum atomic E-state index is 11.5. The normalized spacial score (nSPS) is 11.4. The molecule has 0 heterocycles. The summed E-state index contributed by atoms with van der Waals surface area (Å²) < 4.78 is 4.39. The lowest BCUT2D eigenvalue weighted by atomic mass is 10.3. The second-order valence-corrected chi connectivity index (χ2v) is 3.00. The van der Waals surface area contributed by atoms with Crippen molar-refractivity contribution in [1.29, 1.82) is 0 Å². The molecule has 0 bridgehead atoms. The molecule has 0 aromatic carbocycles. The molecule has 1 atom stereocenters. The Kier molecular flexibility index (Phi) is 5.14. The Morgan fingerprint density at radius 1 is 1.47 bits per heavy atom. The molecule has 7 nitrogen and oxygen atoms in total. The van der Waals surface area contributed by atoms with Crippen molar-refractivity contribution in [2.45, 2.75) is 13.0 Å². The lowest BCUT2D eigenvalue weighted by Gasteiger charge is -2.20. The fourth-order valence-electron chi connectivity index (χ4n) is 0.942. The molecule has 0 fully saturated rings. The Morgan fingerprint density at radius 2 is 2.00 bits per heavy atom. The number of urea groups is 1. The maximum absolute atomic E-state index is 11.5. The molecule has 0 aliphatic rings. The topological polar surface area (TPSA) is 102 Å². The van der Waals surface area contributed by atoms with E-state index in [1.807, 2.05) is 0 Å². The molecule has 0 spiro atoms. The van der Waals surface area contributed by atoms with Gasteiger partial charge in [-0.2, -0.15) is 0 Å². The molecule has 0 saturated carbocycles. The van der Waals surface area contributed by atoms with Crippen LogP contribution in [0.2, 0.25) is 0 Å². The molecule has 0 aromatic rings. The van der Waals surface area contributed by atoms with Crippen molar-refractivity contribution in [3.8, 4) is 0 Å². The number of esters is 1. The van der Waals surface area contributed by atoms with Crippen molar-refractivity contribution < 1.29 is 19.1 Å². The van der Waals surface area contributed by atoms with Gasteiger partial charge in [0.05, 0.1) is 7.11 Å². The fraction of sp³-hybridized carbons (Fsp3) is 0.625. The molecular formula is C8H15N3O4. The van der Waals surface area contributed by atoms with Crippen LogP contribution in [0.25, 0.3) is 0 Å². The second kappa shape index (κ2) is 5.84. The minimum Gasteiger partial charge on any atom is -0.468 e. The number of likely N-dealkylation sites (N-methyl/N-ethyl adjacent to an activating group) is 1. The highest BCUT2D eigenvalue weighted by Gasteiger charge is 2.20. The molecule has 0 saturated heterocycles. The van der Waals surface area contributed by atoms with Gasteiger partial charge in [0.1, 0.15) is 12.6 Å². The van der Waals surface area contributed by atoms with Gasteiger partial charge in [-0.25, -0.2) is 4.79 Å². The van der Waals surface area contributed by atoms with Gasteiger partial charge in [-0.15, -0.1) is 0 Å². The Hall–Kier alpha value is -1.79. The highest BCUT2D eigenvalue weighted by molar-refractivity contribution is 5.88. The van der Waals surface area contributed by atoms with Gasteiger partial charge in [-0.3, -0.25) is 9.59 Å². The lowest BCUT2D eigenvalue weighted by molar-refractivity contribution is -0.146. The van der Waals surface area contributed by atoms with Crippen LogP contribution in [-0.4, -0.2) is 49.6 Å². The van der Waals surface area contributed by atoms with Crippen molar-refractivity contribution in [2.75, 3.05) is 20.7 Å². The summed E-state index contributed by atoms with van der Waals surface area (Å²) in [5.41, 5.74) is 4.85. The predicted molar refractivity (Wildman–Crippen MR) is 51.8 cm³/mol. The molecule has 0 aliphatic heterocycles. The summed E-state index contributed by atoms with van der Waals surface area (Å²) in [5, 5.41) is 2.21. The fourth-order valence-corrected chi connectivity index (χ4v) is 0.942. The molecule has 3 N–H and O–H groups in total. The lowest BCUT2D eigenvalue weighted by Crippen LogP contribution is -2.48. The van der Waals surface area contributed by atoms with Crippen LogP contribution >= 0.6 is 0 Å². The molecule has 0 aromatic heterocycles. The van der Waals surface area contributed by atoms with E-state index >= 15 is 0 Å². The van der Waals surface area contributed by atoms with Gasteiger partial charge in [-0.1, -0.05) is 0 Å². The van der Waals surface area contributed by atoms with Crippen molar-refractivity contribution in [2.24, 2.45) is 5.73 Å². The number of ether oxygens (including phenoxy) is 1. The number of carbonyl (C=O) groups excluding carboxylic acids is 3. The van der Waals surface area contributed by atoms with Crippen LogP contribution in [0.3, 0.4) is 0 Å². The first-order valence-electron chi connectivity index (χ1n) is 4.26. The highest BCUT2D eigenvalue weighted by Crippen LogP contribution is 1.92. The number of rotatable bonds is 4. The zero-order chi connectivity index (χ0) is 12.0. The SMILES string of the molecule is COC(=O)CN(C)C(=O)C(C)NC(N)=O. The molecule has 1 unspecified atom stereocenters. The highest BCUT2D eigenvalue weighted by atomic mass is 16.5. The van der Waals surface area contributed by atoms with Crippen LogP contribution in [0.4, 0.5) is 4.79 Å². The van der Waals surface area contributed by atoms with Crippen molar-refractivity contribution >= 4 is 17.9 Å². The molecule has 0 aliphatic carbocycles. The van der Waals surface area contributed by atoms with Crippen LogP contribution in [0, 0.1) is 0 Å². The number of hydrogen-bond donors (Lipinski definition) is 2. The smallest absolute Gasteiger partial charge is 0.325 e. The number of nitrogens with zero attached hydrogens (tertiary/aromatic N) is 1. The predicted octanol–water partition coefficient (Wildman–Crippen LogP) is -1.33. The summed E-state index contributed by atoms with van der Waals surface area (Å²) in [5.74, 6) is -0.948. The number of primary amides is 1. The third-order valence-electron chi connectivity index (χ3n) is 1.70. The standard InChI is InChI=1S/C8H15N3O4/c1-5(10-8(9)14)7(13)11(2)4-6(12)15-3/h5H,4H2,1-3H3,(H3,9,10,14). The zero-order valence-electron chi connectivity index (χ0n) is 8.94. The Balaban J connectivity index is 4.19. The minimum atomic E-state index is -0.790. The van der Waals surface area contributed by atoms with Crippen molar-refractivity contribution in [3.63, 3.8) is 0 Å². The summed E-state index contributed by atoms with van der Waals surface area (Å²) in [6.07, 6.45) is 0. The first-order valence-corrected chi connectivity index (χ1v) is 4.26. The number of amides is 3. The van der Waals surface area contributed by atoms with Gasteiger partial charge in [0.15, 0.2) is 0 Å². The Morgan fingerprint density at radius 3 is 2.40 bits per heavy atom. The summed E-state index contributed by atoms with van der Waals surface area (Å²) in [7, 11) is 2.66. The van der Waals surface area contributed by atoms with Gasteiger partial charge < -0.3 is 20.7 Å². The molecule has 86 valence electrons. The van der Waals surface area contributed by atoms with E-state index < -0.39 is 23.9 Å². The van der Waals surface area contributed by atoms with Gasteiger partial charge in [0, 0.05) is 7.05 Å². The molecule has 7 heteroatoms. The number of nitrogens with one attached hydrogen (secondary N) is 1. The van der Waals surface area contributed by atoms with E-state index in [2.05, 4.69) is 10.1 Å². The van der Waals surface area contributed by atoms with E-state index in [1.54, 1.807) is 0 Å². The van der Waals surface area contributed by atoms with Gasteiger partial charge >= 0.3 is 12.0 Å². The van der Waals surface area contributed by atoms with E-state index in [1.165, 1.54) is 21.1 Å². The van der Waals surface area contributed by atoms with Gasteiger partial charge in [0.25, 0.3) is 0 Å². The monoisotopic (exact) mass is 217 g/mol. The van der Waals surface area contributed by atoms with E-state index in [0.717, 1.165) is 4.90 Å². The average Bonchev–Trinajstić information content (AvgIpc) is 2.15. The second-order valence-electron chi connectivity index (χ2n) is 3.00. The van der Waals surface area contributed by atoms with Crippen molar-refractivity contribution in [1.82, 2.24) is 10.2 Å². The van der Waals surface area contributed by atoms with Gasteiger partial charge in [-0.05, 0) is 6.92 Å². The number of hydrogen-bond acceptors (Lipinski definition) is 4. The molecule has 0 rings (SSSR count). The van der Waals surface area contributed by atoms with Crippen molar-refractivity contribution in [3.05, 3.63) is 0 Å². The summed E-state index contributed by atoms with van der Waals surface area (Å²) in [6.45, 7) is 1.31. The third-order valence-corrected chi connectivity index (χ3v) is 1.70. The van der Waals surface area contributed by atoms with E-state index in [4.69, 9.17) is 5.73 Å². The number of methoxy groups -OCH3 is 1. The summed E-state index contributed by atoms with van der Waals surface area (Å²) in [6, 6.07) is -1.56. The largest absolute Gasteiger partial charge is 0.468 e. The van der Waals surface area contributed by atoms with Crippen LogP contribution < -0.4 is 11.1 Å². The Bertz CT molecular complexity index is 267. The summed E-state index contributed by atoms with van der Waals surface area (Å²) in [4.78, 5) is 33.9. The minimum absolute atomic E-state index is 0.167. The van der Waals surface area contributed by atoms with Crippen LogP contribution in [0.15, 0.2) is 0 Å². The first-order chi connectivity index (χ1) is 6.88. The van der Waals surface area contributed by atoms with Crippen LogP contribution in [-0.2, 0) is 14.3 Å². The Labute approximate surface area is 87.5 Å².